The normalized spacial score (nSPS) is 15.9. The van der Waals surface area contributed by atoms with E-state index in [1.54, 1.807) is 11.8 Å². The van der Waals surface area contributed by atoms with Gasteiger partial charge in [0.2, 0.25) is 5.88 Å². The SMILES string of the molecule is COc1c(CN=C(N)N2CCOCC2)c(C)nn1C.I. The Morgan fingerprint density at radius 2 is 2.10 bits per heavy atom. The van der Waals surface area contributed by atoms with Gasteiger partial charge in [-0.05, 0) is 6.92 Å². The number of aliphatic imine (C=N–C) groups is 1. The van der Waals surface area contributed by atoms with Gasteiger partial charge in [-0.2, -0.15) is 5.10 Å². The monoisotopic (exact) mass is 395 g/mol. The van der Waals surface area contributed by atoms with Crippen molar-refractivity contribution in [2.24, 2.45) is 17.8 Å². The Morgan fingerprint density at radius 3 is 2.70 bits per heavy atom. The third kappa shape index (κ3) is 3.75. The first-order valence-electron chi connectivity index (χ1n) is 6.32. The predicted molar refractivity (Wildman–Crippen MR) is 87.6 cm³/mol. The summed E-state index contributed by atoms with van der Waals surface area (Å²) in [4.78, 5) is 6.46. The third-order valence-corrected chi connectivity index (χ3v) is 3.22. The molecule has 0 radical (unpaired) electrons. The first kappa shape index (κ1) is 17.0. The number of rotatable bonds is 3. The molecule has 0 saturated carbocycles. The first-order valence-corrected chi connectivity index (χ1v) is 6.32. The van der Waals surface area contributed by atoms with Crippen molar-refractivity contribution in [3.63, 3.8) is 0 Å². The van der Waals surface area contributed by atoms with Crippen molar-refractivity contribution in [1.82, 2.24) is 14.7 Å². The molecule has 0 aliphatic carbocycles. The van der Waals surface area contributed by atoms with Gasteiger partial charge in [0.15, 0.2) is 5.96 Å². The molecule has 0 unspecified atom stereocenters. The third-order valence-electron chi connectivity index (χ3n) is 3.22. The first-order chi connectivity index (χ1) is 9.13. The molecule has 1 aliphatic rings. The van der Waals surface area contributed by atoms with E-state index in [0.717, 1.165) is 30.2 Å². The Hall–Kier alpha value is -1.03. The number of morpholine rings is 1. The number of nitrogens with two attached hydrogens (primary N) is 1. The van der Waals surface area contributed by atoms with Gasteiger partial charge >= 0.3 is 0 Å². The zero-order chi connectivity index (χ0) is 13.8. The van der Waals surface area contributed by atoms with Crippen molar-refractivity contribution >= 4 is 29.9 Å². The van der Waals surface area contributed by atoms with Crippen molar-refractivity contribution in [1.29, 1.82) is 0 Å². The summed E-state index contributed by atoms with van der Waals surface area (Å²) in [5.41, 5.74) is 7.89. The van der Waals surface area contributed by atoms with Crippen molar-refractivity contribution in [2.45, 2.75) is 13.5 Å². The van der Waals surface area contributed by atoms with E-state index in [1.807, 2.05) is 18.9 Å². The van der Waals surface area contributed by atoms with E-state index >= 15 is 0 Å². The van der Waals surface area contributed by atoms with E-state index in [2.05, 4.69) is 10.1 Å². The maximum Gasteiger partial charge on any atom is 0.216 e. The number of guanidine groups is 1. The number of aryl methyl sites for hydroxylation is 2. The van der Waals surface area contributed by atoms with Crippen LogP contribution in [0.25, 0.3) is 0 Å². The van der Waals surface area contributed by atoms with Crippen LogP contribution in [-0.2, 0) is 18.3 Å². The van der Waals surface area contributed by atoms with E-state index in [-0.39, 0.29) is 24.0 Å². The predicted octanol–water partition coefficient (Wildman–Crippen LogP) is 0.502. The van der Waals surface area contributed by atoms with Crippen LogP contribution in [0, 0.1) is 6.92 Å². The largest absolute Gasteiger partial charge is 0.481 e. The number of ether oxygens (including phenoxy) is 2. The summed E-state index contributed by atoms with van der Waals surface area (Å²) in [6.45, 7) is 5.40. The molecule has 8 heteroatoms. The molecule has 0 atom stereocenters. The van der Waals surface area contributed by atoms with Crippen LogP contribution in [-0.4, -0.2) is 54.1 Å². The highest BCUT2D eigenvalue weighted by Crippen LogP contribution is 2.21. The lowest BCUT2D eigenvalue weighted by atomic mass is 10.2. The highest BCUT2D eigenvalue weighted by molar-refractivity contribution is 14.0. The molecule has 0 amide bonds. The molecule has 0 aromatic carbocycles. The van der Waals surface area contributed by atoms with Crippen LogP contribution in [0.5, 0.6) is 5.88 Å². The van der Waals surface area contributed by atoms with Crippen LogP contribution in [0.4, 0.5) is 0 Å². The van der Waals surface area contributed by atoms with E-state index in [4.69, 9.17) is 15.2 Å². The number of halogens is 1. The smallest absolute Gasteiger partial charge is 0.216 e. The highest BCUT2D eigenvalue weighted by Gasteiger charge is 2.15. The summed E-state index contributed by atoms with van der Waals surface area (Å²) < 4.78 is 12.3. The average molecular weight is 395 g/mol. The van der Waals surface area contributed by atoms with Gasteiger partial charge in [0, 0.05) is 20.1 Å². The van der Waals surface area contributed by atoms with Crippen LogP contribution >= 0.6 is 24.0 Å². The van der Waals surface area contributed by atoms with Crippen LogP contribution in [0.3, 0.4) is 0 Å². The lowest BCUT2D eigenvalue weighted by Crippen LogP contribution is -2.44. The molecule has 1 aromatic rings. The fraction of sp³-hybridized carbons (Fsp3) is 0.667. The molecule has 1 saturated heterocycles. The molecule has 2 N–H and O–H groups in total. The topological polar surface area (TPSA) is 77.9 Å². The number of methoxy groups -OCH3 is 1. The molecular formula is C12H22IN5O2. The minimum Gasteiger partial charge on any atom is -0.481 e. The van der Waals surface area contributed by atoms with Gasteiger partial charge in [-0.3, -0.25) is 0 Å². The van der Waals surface area contributed by atoms with Gasteiger partial charge in [0.25, 0.3) is 0 Å². The second-order valence-corrected chi connectivity index (χ2v) is 4.47. The molecule has 0 spiro atoms. The maximum absolute atomic E-state index is 6.00. The number of nitrogens with zero attached hydrogens (tertiary/aromatic N) is 4. The number of aromatic nitrogens is 2. The average Bonchev–Trinajstić information content (AvgIpc) is 2.70. The summed E-state index contributed by atoms with van der Waals surface area (Å²) in [6, 6.07) is 0. The molecule has 1 fully saturated rings. The minimum absolute atomic E-state index is 0. The molecular weight excluding hydrogens is 373 g/mol. The van der Waals surface area contributed by atoms with Crippen molar-refractivity contribution in [3.05, 3.63) is 11.3 Å². The second kappa shape index (κ2) is 7.67. The molecule has 7 nitrogen and oxygen atoms in total. The number of hydrogen-bond acceptors (Lipinski definition) is 4. The van der Waals surface area contributed by atoms with Crippen LogP contribution in [0.15, 0.2) is 4.99 Å². The summed E-state index contributed by atoms with van der Waals surface area (Å²) in [7, 11) is 3.49. The molecule has 1 aliphatic heterocycles. The fourth-order valence-corrected chi connectivity index (χ4v) is 2.17. The van der Waals surface area contributed by atoms with Crippen molar-refractivity contribution < 1.29 is 9.47 Å². The molecule has 114 valence electrons. The number of hydrogen-bond donors (Lipinski definition) is 1. The van der Waals surface area contributed by atoms with Crippen molar-refractivity contribution in [2.75, 3.05) is 33.4 Å². The van der Waals surface area contributed by atoms with Crippen molar-refractivity contribution in [3.8, 4) is 5.88 Å². The Kier molecular flexibility index (Phi) is 6.53. The van der Waals surface area contributed by atoms with E-state index < -0.39 is 0 Å². The fourth-order valence-electron chi connectivity index (χ4n) is 2.17. The Bertz CT molecular complexity index is 469. The Labute approximate surface area is 136 Å². The molecule has 2 rings (SSSR count). The highest BCUT2D eigenvalue weighted by atomic mass is 127. The summed E-state index contributed by atoms with van der Waals surface area (Å²) >= 11 is 0. The van der Waals surface area contributed by atoms with Crippen LogP contribution in [0.2, 0.25) is 0 Å². The summed E-state index contributed by atoms with van der Waals surface area (Å²) in [5, 5.41) is 4.32. The quantitative estimate of drug-likeness (QED) is 0.458. The van der Waals surface area contributed by atoms with E-state index in [0.29, 0.717) is 25.7 Å². The zero-order valence-corrected chi connectivity index (χ0v) is 14.5. The lowest BCUT2D eigenvalue weighted by Gasteiger charge is -2.27. The molecule has 20 heavy (non-hydrogen) atoms. The zero-order valence-electron chi connectivity index (χ0n) is 12.1. The summed E-state index contributed by atoms with van der Waals surface area (Å²) in [5.74, 6) is 1.28. The van der Waals surface area contributed by atoms with Crippen LogP contribution in [0.1, 0.15) is 11.3 Å². The van der Waals surface area contributed by atoms with Crippen LogP contribution < -0.4 is 10.5 Å². The Balaban J connectivity index is 0.00000200. The maximum atomic E-state index is 6.00. The van der Waals surface area contributed by atoms with Gasteiger partial charge < -0.3 is 20.1 Å². The van der Waals surface area contributed by atoms with Gasteiger partial charge in [0.05, 0.1) is 38.1 Å². The van der Waals surface area contributed by atoms with Gasteiger partial charge in [-0.1, -0.05) is 0 Å². The lowest BCUT2D eigenvalue weighted by molar-refractivity contribution is 0.0674. The van der Waals surface area contributed by atoms with Gasteiger partial charge in [-0.25, -0.2) is 9.67 Å². The Morgan fingerprint density at radius 1 is 1.45 bits per heavy atom. The summed E-state index contributed by atoms with van der Waals surface area (Å²) in [6.07, 6.45) is 0. The standard InChI is InChI=1S/C12H21N5O2.HI/c1-9-10(11(18-3)16(2)15-9)8-14-12(13)17-4-6-19-7-5-17;/h4-8H2,1-3H3,(H2,13,14);1H. The molecule has 1 aromatic heterocycles. The minimum atomic E-state index is 0. The van der Waals surface area contributed by atoms with Gasteiger partial charge in [-0.15, -0.1) is 24.0 Å². The molecule has 2 heterocycles. The second-order valence-electron chi connectivity index (χ2n) is 4.47. The molecule has 0 bridgehead atoms. The van der Waals surface area contributed by atoms with Gasteiger partial charge in [0.1, 0.15) is 0 Å². The van der Waals surface area contributed by atoms with E-state index in [9.17, 15) is 0 Å². The van der Waals surface area contributed by atoms with E-state index in [1.165, 1.54) is 0 Å².